The summed E-state index contributed by atoms with van der Waals surface area (Å²) in [6.45, 7) is 6.46. The van der Waals surface area contributed by atoms with Crippen molar-refractivity contribution >= 4 is 11.6 Å². The SMILES string of the molecule is CCCc1cc(C(=O)O)nc2c(-c3c(C)cccc3C)c(COC)nn12. The summed E-state index contributed by atoms with van der Waals surface area (Å²) in [5.74, 6) is -1.04. The van der Waals surface area contributed by atoms with Crippen molar-refractivity contribution in [2.24, 2.45) is 0 Å². The summed E-state index contributed by atoms with van der Waals surface area (Å²) < 4.78 is 7.13. The van der Waals surface area contributed by atoms with Gasteiger partial charge in [0.1, 0.15) is 0 Å². The molecule has 0 bridgehead atoms. The summed E-state index contributed by atoms with van der Waals surface area (Å²) in [5.41, 5.74) is 6.28. The zero-order valence-electron chi connectivity index (χ0n) is 15.5. The van der Waals surface area contributed by atoms with Gasteiger partial charge in [-0.15, -0.1) is 0 Å². The first-order chi connectivity index (χ1) is 12.5. The fourth-order valence-corrected chi connectivity index (χ4v) is 3.37. The maximum atomic E-state index is 11.6. The van der Waals surface area contributed by atoms with Crippen LogP contribution < -0.4 is 0 Å². The van der Waals surface area contributed by atoms with Gasteiger partial charge in [-0.2, -0.15) is 5.10 Å². The summed E-state index contributed by atoms with van der Waals surface area (Å²) in [7, 11) is 1.63. The van der Waals surface area contributed by atoms with Crippen LogP contribution in [-0.4, -0.2) is 32.8 Å². The molecule has 136 valence electrons. The van der Waals surface area contributed by atoms with Crippen molar-refractivity contribution in [3.05, 3.63) is 52.5 Å². The van der Waals surface area contributed by atoms with E-state index in [-0.39, 0.29) is 5.69 Å². The molecule has 0 unspecified atom stereocenters. The van der Waals surface area contributed by atoms with E-state index in [9.17, 15) is 9.90 Å². The first-order valence-corrected chi connectivity index (χ1v) is 8.68. The summed E-state index contributed by atoms with van der Waals surface area (Å²) in [6.07, 6.45) is 1.61. The number of benzene rings is 1. The highest BCUT2D eigenvalue weighted by Crippen LogP contribution is 2.34. The van der Waals surface area contributed by atoms with E-state index in [2.05, 4.69) is 11.9 Å². The van der Waals surface area contributed by atoms with E-state index in [1.807, 2.05) is 32.0 Å². The predicted molar refractivity (Wildman–Crippen MR) is 99.6 cm³/mol. The third kappa shape index (κ3) is 3.08. The van der Waals surface area contributed by atoms with Gasteiger partial charge in [0.15, 0.2) is 11.3 Å². The first-order valence-electron chi connectivity index (χ1n) is 8.68. The largest absolute Gasteiger partial charge is 0.477 e. The zero-order valence-corrected chi connectivity index (χ0v) is 15.5. The summed E-state index contributed by atoms with van der Waals surface area (Å²) in [5, 5.41) is 14.2. The molecule has 1 aromatic carbocycles. The van der Waals surface area contributed by atoms with E-state index in [1.54, 1.807) is 17.7 Å². The summed E-state index contributed by atoms with van der Waals surface area (Å²) in [4.78, 5) is 16.0. The molecule has 0 spiro atoms. The Bertz CT molecular complexity index is 956. The molecule has 0 radical (unpaired) electrons. The van der Waals surface area contributed by atoms with Crippen LogP contribution in [0.2, 0.25) is 0 Å². The van der Waals surface area contributed by atoms with Crippen LogP contribution in [0.5, 0.6) is 0 Å². The first kappa shape index (κ1) is 18.1. The molecule has 0 fully saturated rings. The van der Waals surface area contributed by atoms with Gasteiger partial charge in [0.05, 0.1) is 17.9 Å². The average molecular weight is 353 g/mol. The lowest BCUT2D eigenvalue weighted by Gasteiger charge is -2.11. The number of ether oxygens (including phenoxy) is 1. The standard InChI is InChI=1S/C20H23N3O3/c1-5-7-14-10-15(20(24)25)21-19-18(16(11-26-4)22-23(14)19)17-12(2)8-6-9-13(17)3/h6,8-10H,5,7,11H2,1-4H3,(H,24,25). The second-order valence-electron chi connectivity index (χ2n) is 6.44. The van der Waals surface area contributed by atoms with Gasteiger partial charge in [-0.25, -0.2) is 14.3 Å². The molecule has 0 aliphatic rings. The van der Waals surface area contributed by atoms with E-state index in [0.717, 1.165) is 46.5 Å². The Balaban J connectivity index is 2.43. The Morgan fingerprint density at radius 2 is 1.92 bits per heavy atom. The van der Waals surface area contributed by atoms with Crippen molar-refractivity contribution in [1.82, 2.24) is 14.6 Å². The molecule has 3 rings (SSSR count). The number of hydrogen-bond donors (Lipinski definition) is 1. The monoisotopic (exact) mass is 353 g/mol. The summed E-state index contributed by atoms with van der Waals surface area (Å²) in [6, 6.07) is 7.69. The van der Waals surface area contributed by atoms with E-state index in [0.29, 0.717) is 12.3 Å². The number of carboxylic acids is 1. The number of fused-ring (bicyclic) bond motifs is 1. The van der Waals surface area contributed by atoms with Crippen LogP contribution in [0, 0.1) is 13.8 Å². The number of rotatable bonds is 6. The third-order valence-electron chi connectivity index (χ3n) is 4.47. The maximum absolute atomic E-state index is 11.6. The second kappa shape index (κ2) is 7.25. The van der Waals surface area contributed by atoms with Gasteiger partial charge < -0.3 is 9.84 Å². The molecule has 0 aliphatic carbocycles. The van der Waals surface area contributed by atoms with Crippen molar-refractivity contribution in [3.63, 3.8) is 0 Å². The van der Waals surface area contributed by atoms with Gasteiger partial charge in [0.2, 0.25) is 0 Å². The van der Waals surface area contributed by atoms with Crippen molar-refractivity contribution in [2.45, 2.75) is 40.2 Å². The Hall–Kier alpha value is -2.73. The van der Waals surface area contributed by atoms with Crippen LogP contribution in [0.1, 0.15) is 46.3 Å². The van der Waals surface area contributed by atoms with E-state index in [4.69, 9.17) is 9.84 Å². The lowest BCUT2D eigenvalue weighted by atomic mass is 9.95. The molecule has 1 N–H and O–H groups in total. The van der Waals surface area contributed by atoms with Gasteiger partial charge in [-0.05, 0) is 43.0 Å². The highest BCUT2D eigenvalue weighted by atomic mass is 16.5. The smallest absolute Gasteiger partial charge is 0.354 e. The van der Waals surface area contributed by atoms with Crippen molar-refractivity contribution < 1.29 is 14.6 Å². The van der Waals surface area contributed by atoms with Crippen LogP contribution in [0.15, 0.2) is 24.3 Å². The fraction of sp³-hybridized carbons (Fsp3) is 0.350. The third-order valence-corrected chi connectivity index (χ3v) is 4.47. The highest BCUT2D eigenvalue weighted by Gasteiger charge is 2.22. The number of nitrogens with zero attached hydrogens (tertiary/aromatic N) is 3. The lowest BCUT2D eigenvalue weighted by Crippen LogP contribution is -2.08. The zero-order chi connectivity index (χ0) is 18.8. The van der Waals surface area contributed by atoms with Gasteiger partial charge in [-0.3, -0.25) is 0 Å². The second-order valence-corrected chi connectivity index (χ2v) is 6.44. The van der Waals surface area contributed by atoms with Gasteiger partial charge >= 0.3 is 5.97 Å². The Labute approximate surface area is 152 Å². The molecule has 2 aromatic heterocycles. The van der Waals surface area contributed by atoms with Crippen molar-refractivity contribution in [2.75, 3.05) is 7.11 Å². The van der Waals surface area contributed by atoms with E-state index < -0.39 is 5.97 Å². The normalized spacial score (nSPS) is 11.2. The molecule has 3 aromatic rings. The molecular formula is C20H23N3O3. The number of aryl methyl sites for hydroxylation is 3. The molecule has 0 atom stereocenters. The van der Waals surface area contributed by atoms with Gasteiger partial charge in [0, 0.05) is 12.8 Å². The van der Waals surface area contributed by atoms with Crippen LogP contribution >= 0.6 is 0 Å². The molecule has 6 nitrogen and oxygen atoms in total. The number of hydrogen-bond acceptors (Lipinski definition) is 4. The molecule has 2 heterocycles. The van der Waals surface area contributed by atoms with Crippen LogP contribution in [0.4, 0.5) is 0 Å². The van der Waals surface area contributed by atoms with Crippen LogP contribution in [-0.2, 0) is 17.8 Å². The summed E-state index contributed by atoms with van der Waals surface area (Å²) >= 11 is 0. The molecule has 6 heteroatoms. The minimum absolute atomic E-state index is 0.0392. The van der Waals surface area contributed by atoms with Gasteiger partial charge in [-0.1, -0.05) is 31.5 Å². The predicted octanol–water partition coefficient (Wildman–Crippen LogP) is 3.81. The fourth-order valence-electron chi connectivity index (χ4n) is 3.37. The number of carboxylic acid groups (broad SMARTS) is 1. The number of carbonyl (C=O) groups is 1. The minimum atomic E-state index is -1.04. The Kier molecular flexibility index (Phi) is 5.04. The Morgan fingerprint density at radius 1 is 1.23 bits per heavy atom. The van der Waals surface area contributed by atoms with Crippen LogP contribution in [0.3, 0.4) is 0 Å². The lowest BCUT2D eigenvalue weighted by molar-refractivity contribution is 0.0690. The Morgan fingerprint density at radius 3 is 2.50 bits per heavy atom. The highest BCUT2D eigenvalue weighted by molar-refractivity contribution is 5.89. The maximum Gasteiger partial charge on any atom is 0.354 e. The van der Waals surface area contributed by atoms with E-state index in [1.165, 1.54) is 0 Å². The number of aromatic carboxylic acids is 1. The number of methoxy groups -OCH3 is 1. The average Bonchev–Trinajstić information content (AvgIpc) is 2.94. The molecule has 0 saturated heterocycles. The van der Waals surface area contributed by atoms with Crippen molar-refractivity contribution in [1.29, 1.82) is 0 Å². The van der Waals surface area contributed by atoms with E-state index >= 15 is 0 Å². The minimum Gasteiger partial charge on any atom is -0.477 e. The molecule has 0 aliphatic heterocycles. The van der Waals surface area contributed by atoms with Gasteiger partial charge in [0.25, 0.3) is 0 Å². The quantitative estimate of drug-likeness (QED) is 0.729. The topological polar surface area (TPSA) is 76.7 Å². The number of aromatic nitrogens is 3. The molecular weight excluding hydrogens is 330 g/mol. The van der Waals surface area contributed by atoms with Crippen LogP contribution in [0.25, 0.3) is 16.8 Å². The molecule has 26 heavy (non-hydrogen) atoms. The molecule has 0 amide bonds. The van der Waals surface area contributed by atoms with Crippen molar-refractivity contribution in [3.8, 4) is 11.1 Å². The molecule has 0 saturated carbocycles.